The summed E-state index contributed by atoms with van der Waals surface area (Å²) < 4.78 is 2.28. The van der Waals surface area contributed by atoms with Gasteiger partial charge in [-0.3, -0.25) is 0 Å². The van der Waals surface area contributed by atoms with Gasteiger partial charge in [0.1, 0.15) is 5.75 Å². The highest BCUT2D eigenvalue weighted by atomic mass is 16.3. The van der Waals surface area contributed by atoms with Crippen molar-refractivity contribution in [1.82, 2.24) is 4.57 Å². The molecule has 0 saturated carbocycles. The smallest absolute Gasteiger partial charge is 0.115 e. The molecule has 0 aliphatic carbocycles. The minimum atomic E-state index is 0.300. The predicted octanol–water partition coefficient (Wildman–Crippen LogP) is 7.84. The van der Waals surface area contributed by atoms with Gasteiger partial charge in [0.15, 0.2) is 0 Å². The van der Waals surface area contributed by atoms with Gasteiger partial charge in [-0.05, 0) is 79.4 Å². The Morgan fingerprint density at radius 2 is 1.31 bits per heavy atom. The number of hydrogen-bond acceptors (Lipinski definition) is 1. The van der Waals surface area contributed by atoms with Crippen molar-refractivity contribution >= 4 is 0 Å². The number of aromatic nitrogens is 1. The van der Waals surface area contributed by atoms with Crippen molar-refractivity contribution < 1.29 is 5.11 Å². The van der Waals surface area contributed by atoms with Gasteiger partial charge >= 0.3 is 0 Å². The quantitative estimate of drug-likeness (QED) is 0.332. The van der Waals surface area contributed by atoms with Crippen molar-refractivity contribution in [2.24, 2.45) is 0 Å². The molecule has 0 aliphatic rings. The monoisotopic (exact) mass is 389 g/mol. The van der Waals surface area contributed by atoms with Gasteiger partial charge in [0.2, 0.25) is 0 Å². The van der Waals surface area contributed by atoms with Crippen LogP contribution in [-0.2, 0) is 6.42 Å². The largest absolute Gasteiger partial charge is 0.508 e. The van der Waals surface area contributed by atoms with Crippen molar-refractivity contribution in [3.63, 3.8) is 0 Å². The molecule has 0 saturated heterocycles. The number of hydrogen-bond donors (Lipinski definition) is 1. The van der Waals surface area contributed by atoms with Crippen LogP contribution in [0.4, 0.5) is 0 Å². The fraction of sp³-hybridized carbons (Fsp3) is 0.407. The van der Waals surface area contributed by atoms with Gasteiger partial charge in [0, 0.05) is 11.4 Å². The number of aryl methyl sites for hydroxylation is 2. The molecule has 2 nitrogen and oxygen atoms in total. The lowest BCUT2D eigenvalue weighted by Gasteiger charge is -2.13. The van der Waals surface area contributed by atoms with Gasteiger partial charge < -0.3 is 9.67 Å². The summed E-state index contributed by atoms with van der Waals surface area (Å²) in [4.78, 5) is 0. The third-order valence-electron chi connectivity index (χ3n) is 5.75. The van der Waals surface area contributed by atoms with Crippen LogP contribution >= 0.6 is 0 Å². The summed E-state index contributed by atoms with van der Waals surface area (Å²) in [7, 11) is 0. The second-order valence-electron chi connectivity index (χ2n) is 8.13. The first kappa shape index (κ1) is 21.2. The van der Waals surface area contributed by atoms with E-state index >= 15 is 0 Å². The maximum absolute atomic E-state index is 9.57. The third kappa shape index (κ3) is 6.00. The van der Waals surface area contributed by atoms with Gasteiger partial charge in [-0.15, -0.1) is 0 Å². The van der Waals surface area contributed by atoms with Crippen LogP contribution in [0, 0.1) is 6.92 Å². The minimum absolute atomic E-state index is 0.300. The van der Waals surface area contributed by atoms with Crippen molar-refractivity contribution in [1.29, 1.82) is 0 Å². The highest BCUT2D eigenvalue weighted by Crippen LogP contribution is 2.28. The normalized spacial score (nSPS) is 11.1. The van der Waals surface area contributed by atoms with Crippen LogP contribution in [0.25, 0.3) is 16.9 Å². The van der Waals surface area contributed by atoms with Crippen LogP contribution in [0.3, 0.4) is 0 Å². The molecule has 0 amide bonds. The van der Waals surface area contributed by atoms with Gasteiger partial charge in [-0.25, -0.2) is 0 Å². The average Bonchev–Trinajstić information content (AvgIpc) is 3.12. The fourth-order valence-electron chi connectivity index (χ4n) is 4.01. The Morgan fingerprint density at radius 1 is 0.690 bits per heavy atom. The second kappa shape index (κ2) is 10.9. The lowest BCUT2D eigenvalue weighted by atomic mass is 10.0. The zero-order valence-corrected chi connectivity index (χ0v) is 18.0. The molecule has 0 unspecified atom stereocenters. The predicted molar refractivity (Wildman–Crippen MR) is 124 cm³/mol. The number of aromatic hydroxyl groups is 1. The molecular formula is C27H35NO. The Kier molecular flexibility index (Phi) is 7.98. The topological polar surface area (TPSA) is 25.2 Å². The number of phenolic OH excluding ortho intramolecular Hbond substituents is 1. The highest BCUT2D eigenvalue weighted by Gasteiger charge is 2.09. The van der Waals surface area contributed by atoms with E-state index in [4.69, 9.17) is 0 Å². The van der Waals surface area contributed by atoms with Crippen molar-refractivity contribution in [2.75, 3.05) is 0 Å². The number of unbranched alkanes of at least 4 members (excludes halogenated alkanes) is 7. The zero-order valence-electron chi connectivity index (χ0n) is 18.0. The molecule has 2 aromatic carbocycles. The lowest BCUT2D eigenvalue weighted by Crippen LogP contribution is -1.99. The molecule has 3 aromatic rings. The van der Waals surface area contributed by atoms with E-state index in [9.17, 15) is 5.11 Å². The van der Waals surface area contributed by atoms with E-state index in [1.54, 1.807) is 12.1 Å². The van der Waals surface area contributed by atoms with Gasteiger partial charge in [0.25, 0.3) is 0 Å². The first-order valence-corrected chi connectivity index (χ1v) is 11.3. The standard InChI is InChI=1S/C27H35NO/c1-3-4-5-6-7-8-9-10-11-23-13-17-25(18-14-23)28-22(2)12-21-27(28)24-15-19-26(29)20-16-24/h12-21,29H,3-11H2,1-2H3. The molecule has 0 atom stereocenters. The fourth-order valence-corrected chi connectivity index (χ4v) is 4.01. The number of rotatable bonds is 11. The molecule has 29 heavy (non-hydrogen) atoms. The van der Waals surface area contributed by atoms with E-state index in [0.29, 0.717) is 5.75 Å². The van der Waals surface area contributed by atoms with Crippen LogP contribution in [0.2, 0.25) is 0 Å². The van der Waals surface area contributed by atoms with Gasteiger partial charge in [0.05, 0.1) is 5.69 Å². The number of phenols is 1. The molecule has 2 heteroatoms. The van der Waals surface area contributed by atoms with E-state index in [0.717, 1.165) is 11.3 Å². The molecule has 154 valence electrons. The van der Waals surface area contributed by atoms with Crippen LogP contribution in [0.1, 0.15) is 69.5 Å². The Hall–Kier alpha value is -2.48. The molecule has 0 bridgehead atoms. The molecule has 1 aromatic heterocycles. The Balaban J connectivity index is 1.57. The summed E-state index contributed by atoms with van der Waals surface area (Å²) in [5, 5.41) is 9.57. The van der Waals surface area contributed by atoms with Crippen LogP contribution in [-0.4, -0.2) is 9.67 Å². The summed E-state index contributed by atoms with van der Waals surface area (Å²) in [5.74, 6) is 0.300. The van der Waals surface area contributed by atoms with Crippen molar-refractivity contribution in [2.45, 2.75) is 71.6 Å². The summed E-state index contributed by atoms with van der Waals surface area (Å²) >= 11 is 0. The van der Waals surface area contributed by atoms with Crippen molar-refractivity contribution in [3.8, 4) is 22.7 Å². The summed E-state index contributed by atoms with van der Waals surface area (Å²) in [6.07, 6.45) is 12.1. The van der Waals surface area contributed by atoms with E-state index < -0.39 is 0 Å². The SMILES string of the molecule is CCCCCCCCCCc1ccc(-n2c(C)ccc2-c2ccc(O)cc2)cc1. The summed E-state index contributed by atoms with van der Waals surface area (Å²) in [6, 6.07) is 20.7. The molecule has 0 radical (unpaired) electrons. The van der Waals surface area contributed by atoms with Gasteiger partial charge in [-0.1, -0.05) is 64.0 Å². The highest BCUT2D eigenvalue weighted by molar-refractivity contribution is 5.65. The number of benzene rings is 2. The van der Waals surface area contributed by atoms with Gasteiger partial charge in [-0.2, -0.15) is 0 Å². The van der Waals surface area contributed by atoms with Crippen LogP contribution < -0.4 is 0 Å². The lowest BCUT2D eigenvalue weighted by molar-refractivity contribution is 0.475. The first-order chi connectivity index (χ1) is 14.2. The van der Waals surface area contributed by atoms with E-state index in [-0.39, 0.29) is 0 Å². The molecule has 0 spiro atoms. The van der Waals surface area contributed by atoms with E-state index in [2.05, 4.69) is 54.8 Å². The van der Waals surface area contributed by atoms with Crippen LogP contribution in [0.15, 0.2) is 60.7 Å². The first-order valence-electron chi connectivity index (χ1n) is 11.3. The molecule has 0 fully saturated rings. The zero-order chi connectivity index (χ0) is 20.5. The van der Waals surface area contributed by atoms with E-state index in [1.165, 1.54) is 74.7 Å². The van der Waals surface area contributed by atoms with Crippen molar-refractivity contribution in [3.05, 3.63) is 71.9 Å². The van der Waals surface area contributed by atoms with Crippen LogP contribution in [0.5, 0.6) is 5.75 Å². The maximum Gasteiger partial charge on any atom is 0.115 e. The summed E-state index contributed by atoms with van der Waals surface area (Å²) in [5.41, 5.74) is 6.09. The third-order valence-corrected chi connectivity index (χ3v) is 5.75. The Labute approximate surface area is 176 Å². The molecule has 1 N–H and O–H groups in total. The Morgan fingerprint density at radius 3 is 1.97 bits per heavy atom. The van der Waals surface area contributed by atoms with E-state index in [1.807, 2.05) is 12.1 Å². The molecular weight excluding hydrogens is 354 g/mol. The number of nitrogens with zero attached hydrogens (tertiary/aromatic N) is 1. The maximum atomic E-state index is 9.57. The minimum Gasteiger partial charge on any atom is -0.508 e. The molecule has 0 aliphatic heterocycles. The summed E-state index contributed by atoms with van der Waals surface area (Å²) in [6.45, 7) is 4.41. The molecule has 3 rings (SSSR count). The average molecular weight is 390 g/mol. The Bertz CT molecular complexity index is 859. The molecule has 1 heterocycles. The second-order valence-corrected chi connectivity index (χ2v) is 8.13.